The predicted molar refractivity (Wildman–Crippen MR) is 86.2 cm³/mol. The number of carbonyl (C=O) groups excluding carboxylic acids is 1. The summed E-state index contributed by atoms with van der Waals surface area (Å²) in [6.45, 7) is 6.07. The Hall–Kier alpha value is -1.06. The van der Waals surface area contributed by atoms with Crippen LogP contribution in [-0.4, -0.2) is 11.1 Å². The molecule has 0 heterocycles. The summed E-state index contributed by atoms with van der Waals surface area (Å²) in [4.78, 5) is 12.6. The Morgan fingerprint density at radius 1 is 1.16 bits per heavy atom. The van der Waals surface area contributed by atoms with Crippen LogP contribution in [-0.2, 0) is 14.8 Å². The van der Waals surface area contributed by atoms with Crippen molar-refractivity contribution in [3.05, 3.63) is 53.6 Å². The van der Waals surface area contributed by atoms with Crippen molar-refractivity contribution >= 4 is 18.0 Å². The second-order valence-electron chi connectivity index (χ2n) is 6.04. The zero-order chi connectivity index (χ0) is 17.7. The van der Waals surface area contributed by atoms with Crippen molar-refractivity contribution in [2.75, 3.05) is 0 Å². The standard InChI is InChI=1S/C17H18O6S.Na/c1-17(2,3)11-8-9-14(15(10-11)24-23-22-20)21-16(19)12-6-4-5-7-13(12)18;/h4-10,18,20H,1-3H3;/q;+1/p-1. The molecule has 0 fully saturated rings. The van der Waals surface area contributed by atoms with Crippen LogP contribution in [0.25, 0.3) is 0 Å². The Kier molecular flexibility index (Phi) is 8.43. The normalized spacial score (nSPS) is 10.9. The molecule has 0 bridgehead atoms. The molecule has 6 nitrogen and oxygen atoms in total. The van der Waals surface area contributed by atoms with Gasteiger partial charge in [0.15, 0.2) is 0 Å². The number of phenols is 1. The minimum atomic E-state index is -0.721. The van der Waals surface area contributed by atoms with Gasteiger partial charge in [0.2, 0.25) is 0 Å². The van der Waals surface area contributed by atoms with Gasteiger partial charge in [-0.25, -0.2) is 4.79 Å². The minimum absolute atomic E-state index is 0. The van der Waals surface area contributed by atoms with Crippen molar-refractivity contribution in [2.24, 2.45) is 0 Å². The summed E-state index contributed by atoms with van der Waals surface area (Å²) in [5, 5.41) is 23.2. The fourth-order valence-electron chi connectivity index (χ4n) is 1.98. The van der Waals surface area contributed by atoms with E-state index in [2.05, 4.69) is 9.37 Å². The molecule has 0 atom stereocenters. The number of aromatic hydroxyl groups is 1. The van der Waals surface area contributed by atoms with E-state index in [1.807, 2.05) is 26.8 Å². The van der Waals surface area contributed by atoms with Gasteiger partial charge in [-0.3, -0.25) is 5.04 Å². The summed E-state index contributed by atoms with van der Waals surface area (Å²) in [6.07, 6.45) is 0. The smallest absolute Gasteiger partial charge is 0.691 e. The number of phenolic OH excluding ortho intramolecular Hbond substituents is 1. The van der Waals surface area contributed by atoms with Gasteiger partial charge in [0.1, 0.15) is 17.1 Å². The van der Waals surface area contributed by atoms with Gasteiger partial charge in [0.05, 0.1) is 16.9 Å². The summed E-state index contributed by atoms with van der Waals surface area (Å²) < 4.78 is 9.68. The SMILES string of the molecule is CC(C)(C)c1ccc(OC(=O)c2ccccc2O)c(SOO[O-])c1.[Na+]. The Morgan fingerprint density at radius 2 is 1.84 bits per heavy atom. The molecule has 128 valence electrons. The van der Waals surface area contributed by atoms with E-state index in [1.54, 1.807) is 24.3 Å². The van der Waals surface area contributed by atoms with E-state index in [-0.39, 0.29) is 52.0 Å². The fourth-order valence-corrected chi connectivity index (χ4v) is 2.44. The van der Waals surface area contributed by atoms with Crippen LogP contribution in [0.3, 0.4) is 0 Å². The molecule has 0 spiro atoms. The van der Waals surface area contributed by atoms with Crippen molar-refractivity contribution in [3.63, 3.8) is 0 Å². The average molecular weight is 372 g/mol. The monoisotopic (exact) mass is 372 g/mol. The van der Waals surface area contributed by atoms with Gasteiger partial charge >= 0.3 is 35.5 Å². The molecule has 0 saturated carbocycles. The van der Waals surface area contributed by atoms with E-state index >= 15 is 0 Å². The Labute approximate surface area is 172 Å². The molecule has 0 unspecified atom stereocenters. The molecule has 1 N–H and O–H groups in total. The van der Waals surface area contributed by atoms with Crippen molar-refractivity contribution in [3.8, 4) is 11.5 Å². The molecule has 0 aliphatic heterocycles. The molecular formula is C17H17NaO6S. The van der Waals surface area contributed by atoms with Crippen LogP contribution in [0.5, 0.6) is 11.5 Å². The first-order valence-electron chi connectivity index (χ1n) is 7.11. The molecule has 2 aromatic carbocycles. The number of ether oxygens (including phenoxy) is 1. The number of hydrogen-bond acceptors (Lipinski definition) is 7. The van der Waals surface area contributed by atoms with E-state index in [0.717, 1.165) is 5.56 Å². The van der Waals surface area contributed by atoms with Crippen LogP contribution in [0.1, 0.15) is 36.7 Å². The third-order valence-electron chi connectivity index (χ3n) is 3.29. The van der Waals surface area contributed by atoms with Gasteiger partial charge in [-0.05, 0) is 35.2 Å². The number of benzene rings is 2. The molecule has 0 aliphatic carbocycles. The van der Waals surface area contributed by atoms with Crippen LogP contribution in [0, 0.1) is 0 Å². The second-order valence-corrected chi connectivity index (χ2v) is 6.78. The van der Waals surface area contributed by atoms with E-state index < -0.39 is 5.97 Å². The average Bonchev–Trinajstić information content (AvgIpc) is 2.53. The number of carbonyl (C=O) groups is 1. The van der Waals surface area contributed by atoms with Gasteiger partial charge in [0, 0.05) is 0 Å². The summed E-state index contributed by atoms with van der Waals surface area (Å²) in [5.74, 6) is -0.707. The van der Waals surface area contributed by atoms with Gasteiger partial charge < -0.3 is 15.1 Å². The molecule has 2 rings (SSSR count). The maximum Gasteiger partial charge on any atom is 1.00 e. The third-order valence-corrected chi connectivity index (χ3v) is 3.91. The molecule has 0 aliphatic rings. The maximum absolute atomic E-state index is 12.2. The molecule has 0 radical (unpaired) electrons. The van der Waals surface area contributed by atoms with Crippen molar-refractivity contribution in [1.82, 2.24) is 0 Å². The molecule has 0 aromatic heterocycles. The largest absolute Gasteiger partial charge is 1.00 e. The van der Waals surface area contributed by atoms with Gasteiger partial charge in [-0.15, -0.1) is 0 Å². The molecule has 25 heavy (non-hydrogen) atoms. The second kappa shape index (κ2) is 9.59. The molecule has 8 heteroatoms. The third kappa shape index (κ3) is 6.00. The number of esters is 1. The molecule has 0 saturated heterocycles. The Morgan fingerprint density at radius 3 is 2.44 bits per heavy atom. The predicted octanol–water partition coefficient (Wildman–Crippen LogP) is 0.143. The van der Waals surface area contributed by atoms with E-state index in [9.17, 15) is 15.2 Å². The Bertz CT molecular complexity index is 729. The Balaban J connectivity index is 0.00000312. The first kappa shape index (κ1) is 22.0. The van der Waals surface area contributed by atoms with Crippen LogP contribution in [0.15, 0.2) is 47.4 Å². The summed E-state index contributed by atoms with van der Waals surface area (Å²) in [7, 11) is 0. The van der Waals surface area contributed by atoms with Gasteiger partial charge in [0.25, 0.3) is 0 Å². The first-order chi connectivity index (χ1) is 11.3. The summed E-state index contributed by atoms with van der Waals surface area (Å²) in [5.41, 5.74) is 0.852. The van der Waals surface area contributed by atoms with E-state index in [4.69, 9.17) is 4.74 Å². The number of para-hydroxylation sites is 1. The van der Waals surface area contributed by atoms with Crippen molar-refractivity contribution in [2.45, 2.75) is 31.1 Å². The maximum atomic E-state index is 12.2. The number of hydrogen-bond donors (Lipinski definition) is 1. The zero-order valence-corrected chi connectivity index (χ0v) is 17.3. The molecule has 2 aromatic rings. The summed E-state index contributed by atoms with van der Waals surface area (Å²) >= 11 is 0.644. The van der Waals surface area contributed by atoms with Gasteiger partial charge in [-0.2, -0.15) is 4.33 Å². The first-order valence-corrected chi connectivity index (χ1v) is 7.85. The van der Waals surface area contributed by atoms with Gasteiger partial charge in [-0.1, -0.05) is 39.0 Å². The number of rotatable bonds is 5. The molecule has 0 amide bonds. The molecular weight excluding hydrogens is 355 g/mol. The minimum Gasteiger partial charge on any atom is -0.691 e. The zero-order valence-electron chi connectivity index (χ0n) is 14.4. The van der Waals surface area contributed by atoms with Crippen LogP contribution in [0.4, 0.5) is 0 Å². The summed E-state index contributed by atoms with van der Waals surface area (Å²) in [6, 6.07) is 11.2. The van der Waals surface area contributed by atoms with Crippen LogP contribution in [0.2, 0.25) is 0 Å². The van der Waals surface area contributed by atoms with Crippen LogP contribution < -0.4 is 39.6 Å². The van der Waals surface area contributed by atoms with Crippen LogP contribution >= 0.6 is 12.0 Å². The topological polar surface area (TPSA) is 88.1 Å². The van der Waals surface area contributed by atoms with Crippen molar-refractivity contribution in [1.29, 1.82) is 0 Å². The van der Waals surface area contributed by atoms with E-state index in [0.29, 0.717) is 16.9 Å². The van der Waals surface area contributed by atoms with E-state index in [1.165, 1.54) is 12.1 Å². The quantitative estimate of drug-likeness (QED) is 0.200. The van der Waals surface area contributed by atoms with Crippen molar-refractivity contribution < 1.29 is 58.8 Å². The fraction of sp³-hybridized carbons (Fsp3) is 0.235.